The van der Waals surface area contributed by atoms with Crippen LogP contribution in [-0.4, -0.2) is 16.4 Å². The summed E-state index contributed by atoms with van der Waals surface area (Å²) in [7, 11) is -3.00. The molecule has 0 saturated heterocycles. The van der Waals surface area contributed by atoms with E-state index in [1.807, 2.05) is 18.2 Å². The lowest BCUT2D eigenvalue weighted by molar-refractivity contribution is 0.268. The molecule has 0 aliphatic carbocycles. The molecule has 0 fully saturated rings. The quantitative estimate of drug-likeness (QED) is 0.699. The predicted octanol–water partition coefficient (Wildman–Crippen LogP) is 5.11. The maximum atomic E-state index is 6.39. The number of hydrogen-bond donors (Lipinski definition) is 0. The van der Waals surface area contributed by atoms with Crippen LogP contribution >= 0.6 is 11.6 Å². The summed E-state index contributed by atoms with van der Waals surface area (Å²) in [5.74, 6) is 0. The number of halogens is 1. The fraction of sp³-hybridized carbons (Fsp3) is 0.538. The van der Waals surface area contributed by atoms with Gasteiger partial charge in [0.2, 0.25) is 0 Å². The van der Waals surface area contributed by atoms with Gasteiger partial charge in [-0.15, -0.1) is 0 Å². The van der Waals surface area contributed by atoms with Crippen molar-refractivity contribution < 1.29 is 4.43 Å². The first-order valence-electron chi connectivity index (χ1n) is 6.03. The Bertz CT molecular complexity index is 380. The third-order valence-electron chi connectivity index (χ3n) is 2.45. The first kappa shape index (κ1) is 15.0. The second-order valence-corrected chi connectivity index (χ2v) is 16.6. The zero-order valence-corrected chi connectivity index (χ0v) is 14.4. The van der Waals surface area contributed by atoms with Crippen LogP contribution in [0.25, 0.3) is 0 Å². The minimum absolute atomic E-state index is 0.197. The highest BCUT2D eigenvalue weighted by molar-refractivity contribution is 6.79. The van der Waals surface area contributed by atoms with Crippen LogP contribution in [0.15, 0.2) is 24.3 Å². The lowest BCUT2D eigenvalue weighted by Crippen LogP contribution is -2.40. The molecule has 0 spiro atoms. The average Bonchev–Trinajstić information content (AvgIpc) is 2.12. The molecule has 0 amide bonds. The molecule has 96 valence electrons. The Hall–Kier alpha value is -0.0962. The van der Waals surface area contributed by atoms with Gasteiger partial charge in [0.25, 0.3) is 0 Å². The van der Waals surface area contributed by atoms with Crippen LogP contribution in [0.5, 0.6) is 0 Å². The van der Waals surface area contributed by atoms with Gasteiger partial charge in [-0.1, -0.05) is 49.4 Å². The van der Waals surface area contributed by atoms with Crippen molar-refractivity contribution in [3.8, 4) is 0 Å². The number of hydrogen-bond acceptors (Lipinski definition) is 1. The summed E-state index contributed by atoms with van der Waals surface area (Å²) in [4.78, 5) is 0. The Kier molecular flexibility index (Phi) is 4.63. The van der Waals surface area contributed by atoms with Crippen LogP contribution < -0.4 is 0 Å². The van der Waals surface area contributed by atoms with Gasteiger partial charge in [0.15, 0.2) is 8.32 Å². The van der Waals surface area contributed by atoms with Crippen LogP contribution in [0, 0.1) is 0 Å². The molecular formula is C13H23ClOSi2. The zero-order valence-electron chi connectivity index (χ0n) is 11.7. The smallest absolute Gasteiger partial charge is 0.184 e. The SMILES string of the molecule is C[Si](C)(C)OC(c1ccccc1Cl)[Si](C)(C)C. The Morgan fingerprint density at radius 1 is 1.00 bits per heavy atom. The predicted molar refractivity (Wildman–Crippen MR) is 82.0 cm³/mol. The summed E-state index contributed by atoms with van der Waals surface area (Å²) < 4.78 is 6.39. The molecule has 0 N–H and O–H groups in total. The molecule has 17 heavy (non-hydrogen) atoms. The molecule has 0 aliphatic heterocycles. The Balaban J connectivity index is 3.13. The van der Waals surface area contributed by atoms with Crippen LogP contribution in [-0.2, 0) is 4.43 Å². The van der Waals surface area contributed by atoms with Crippen LogP contribution in [0.4, 0.5) is 0 Å². The van der Waals surface area contributed by atoms with Crippen molar-refractivity contribution in [1.82, 2.24) is 0 Å². The highest BCUT2D eigenvalue weighted by Crippen LogP contribution is 2.35. The van der Waals surface area contributed by atoms with Gasteiger partial charge in [-0.3, -0.25) is 0 Å². The molecule has 1 aromatic carbocycles. The summed E-state index contributed by atoms with van der Waals surface area (Å²) in [5.41, 5.74) is 1.36. The second-order valence-electron chi connectivity index (χ2n) is 6.50. The fourth-order valence-electron chi connectivity index (χ4n) is 1.75. The van der Waals surface area contributed by atoms with Crippen molar-refractivity contribution in [2.75, 3.05) is 0 Å². The lowest BCUT2D eigenvalue weighted by atomic mass is 10.2. The first-order valence-corrected chi connectivity index (χ1v) is 13.4. The Morgan fingerprint density at radius 2 is 1.53 bits per heavy atom. The fourth-order valence-corrected chi connectivity index (χ4v) is 6.57. The van der Waals surface area contributed by atoms with E-state index in [2.05, 4.69) is 45.3 Å². The van der Waals surface area contributed by atoms with Crippen molar-refractivity contribution >= 4 is 28.0 Å². The van der Waals surface area contributed by atoms with E-state index in [0.717, 1.165) is 10.6 Å². The molecule has 0 saturated carbocycles. The van der Waals surface area contributed by atoms with Gasteiger partial charge in [0.1, 0.15) is 0 Å². The summed E-state index contributed by atoms with van der Waals surface area (Å²) >= 11 is 6.31. The molecule has 0 heterocycles. The van der Waals surface area contributed by atoms with Crippen LogP contribution in [0.1, 0.15) is 11.3 Å². The summed E-state index contributed by atoms with van der Waals surface area (Å²) in [6, 6.07) is 8.08. The molecule has 4 heteroatoms. The normalized spacial score (nSPS) is 14.8. The second kappa shape index (κ2) is 5.26. The van der Waals surface area contributed by atoms with Crippen molar-refractivity contribution in [3.05, 3.63) is 34.9 Å². The highest BCUT2D eigenvalue weighted by Gasteiger charge is 2.34. The molecule has 1 nitrogen and oxygen atoms in total. The van der Waals surface area contributed by atoms with Crippen LogP contribution in [0.3, 0.4) is 0 Å². The van der Waals surface area contributed by atoms with Gasteiger partial charge in [-0.05, 0) is 31.3 Å². The van der Waals surface area contributed by atoms with Gasteiger partial charge in [0, 0.05) is 5.02 Å². The van der Waals surface area contributed by atoms with E-state index >= 15 is 0 Å². The topological polar surface area (TPSA) is 9.23 Å². The van der Waals surface area contributed by atoms with Crippen LogP contribution in [0.2, 0.25) is 44.3 Å². The third-order valence-corrected chi connectivity index (χ3v) is 5.97. The van der Waals surface area contributed by atoms with E-state index in [0.29, 0.717) is 0 Å². The van der Waals surface area contributed by atoms with Crippen molar-refractivity contribution in [2.45, 2.75) is 45.0 Å². The minimum Gasteiger partial charge on any atom is -0.413 e. The van der Waals surface area contributed by atoms with Gasteiger partial charge < -0.3 is 4.43 Å². The molecule has 1 aromatic rings. The summed E-state index contributed by atoms with van der Waals surface area (Å²) in [5, 5.41) is 0.832. The number of benzene rings is 1. The molecule has 0 bridgehead atoms. The molecule has 0 aromatic heterocycles. The largest absolute Gasteiger partial charge is 0.413 e. The minimum atomic E-state index is -1.56. The summed E-state index contributed by atoms with van der Waals surface area (Å²) in [6.07, 6.45) is 0. The average molecular weight is 287 g/mol. The molecule has 1 rings (SSSR count). The van der Waals surface area contributed by atoms with E-state index in [1.165, 1.54) is 0 Å². The first-order chi connectivity index (χ1) is 7.61. The molecular weight excluding hydrogens is 264 g/mol. The molecule has 0 aliphatic rings. The third kappa shape index (κ3) is 4.58. The molecule has 1 unspecified atom stereocenters. The monoisotopic (exact) mass is 286 g/mol. The Morgan fingerprint density at radius 3 is 1.94 bits per heavy atom. The molecule has 0 radical (unpaired) electrons. The highest BCUT2D eigenvalue weighted by atomic mass is 35.5. The number of rotatable bonds is 4. The maximum absolute atomic E-state index is 6.39. The van der Waals surface area contributed by atoms with Crippen molar-refractivity contribution in [2.24, 2.45) is 0 Å². The van der Waals surface area contributed by atoms with Gasteiger partial charge in [-0.2, -0.15) is 0 Å². The zero-order chi connectivity index (χ0) is 13.3. The standard InChI is InChI=1S/C13H23ClOSi2/c1-16(2,3)13(15-17(4,5)6)11-9-7-8-10-12(11)14/h7-10,13H,1-6H3. The van der Waals surface area contributed by atoms with E-state index in [1.54, 1.807) is 0 Å². The van der Waals surface area contributed by atoms with Crippen molar-refractivity contribution in [3.63, 3.8) is 0 Å². The van der Waals surface area contributed by atoms with E-state index < -0.39 is 16.4 Å². The van der Waals surface area contributed by atoms with Crippen molar-refractivity contribution in [1.29, 1.82) is 0 Å². The van der Waals surface area contributed by atoms with E-state index in [9.17, 15) is 0 Å². The van der Waals surface area contributed by atoms with Gasteiger partial charge in [-0.25, -0.2) is 0 Å². The van der Waals surface area contributed by atoms with E-state index in [-0.39, 0.29) is 5.73 Å². The lowest BCUT2D eigenvalue weighted by Gasteiger charge is -2.35. The maximum Gasteiger partial charge on any atom is 0.184 e. The Labute approximate surface area is 112 Å². The van der Waals surface area contributed by atoms with Gasteiger partial charge >= 0.3 is 0 Å². The summed E-state index contributed by atoms with van der Waals surface area (Å²) in [6.45, 7) is 13.7. The van der Waals surface area contributed by atoms with E-state index in [4.69, 9.17) is 16.0 Å². The van der Waals surface area contributed by atoms with Gasteiger partial charge in [0.05, 0.1) is 13.8 Å². The molecule has 1 atom stereocenters.